The number of hydrogen-bond donors (Lipinski definition) is 1. The van der Waals surface area contributed by atoms with Gasteiger partial charge in [-0.2, -0.15) is 0 Å². The fraction of sp³-hybridized carbons (Fsp3) is 0.333. The second kappa shape index (κ2) is 6.92. The second-order valence-corrected chi connectivity index (χ2v) is 7.02. The maximum absolute atomic E-state index is 11.2. The molecule has 4 rings (SSSR count). The summed E-state index contributed by atoms with van der Waals surface area (Å²) in [5.41, 5.74) is 3.85. The van der Waals surface area contributed by atoms with Crippen LogP contribution < -0.4 is 0 Å². The predicted octanol–water partition coefficient (Wildman–Crippen LogP) is 3.39. The largest absolute Gasteiger partial charge is 0.389 e. The maximum atomic E-state index is 11.2. The Balaban J connectivity index is 1.82. The van der Waals surface area contributed by atoms with Gasteiger partial charge in [0.15, 0.2) is 0 Å². The summed E-state index contributed by atoms with van der Waals surface area (Å²) in [4.78, 5) is 18.0. The molecule has 134 valence electrons. The third-order valence-electron chi connectivity index (χ3n) is 5.19. The number of carbonyl (C=O) groups is 1. The Labute approximate surface area is 152 Å². The number of fused-ring (bicyclic) bond motifs is 1. The molecule has 1 amide bonds. The average molecular weight is 349 g/mol. The molecule has 1 saturated heterocycles. The molecule has 2 unspecified atom stereocenters. The first-order valence-electron chi connectivity index (χ1n) is 9.12. The third kappa shape index (κ3) is 2.99. The lowest BCUT2D eigenvalue weighted by Gasteiger charge is -2.29. The lowest BCUT2D eigenvalue weighted by atomic mass is 9.97. The van der Waals surface area contributed by atoms with Crippen molar-refractivity contribution in [3.8, 4) is 11.3 Å². The molecule has 1 fully saturated rings. The van der Waals surface area contributed by atoms with Gasteiger partial charge >= 0.3 is 0 Å². The summed E-state index contributed by atoms with van der Waals surface area (Å²) in [5.74, 6) is 1.24. The summed E-state index contributed by atoms with van der Waals surface area (Å²) in [7, 11) is 0. The topological polar surface area (TPSA) is 57.8 Å². The van der Waals surface area contributed by atoms with Crippen LogP contribution in [0.4, 0.5) is 0 Å². The average Bonchev–Trinajstić information content (AvgIpc) is 3.08. The molecule has 2 atom stereocenters. The van der Waals surface area contributed by atoms with Crippen LogP contribution >= 0.6 is 0 Å². The van der Waals surface area contributed by atoms with Crippen molar-refractivity contribution in [1.82, 2.24) is 14.3 Å². The maximum Gasteiger partial charge on any atom is 0.209 e. The monoisotopic (exact) mass is 349 g/mol. The zero-order valence-corrected chi connectivity index (χ0v) is 14.9. The molecule has 5 nitrogen and oxygen atoms in total. The van der Waals surface area contributed by atoms with Crippen LogP contribution in [0.25, 0.3) is 16.8 Å². The van der Waals surface area contributed by atoms with Crippen LogP contribution in [0, 0.1) is 0 Å². The number of pyridine rings is 1. The van der Waals surface area contributed by atoms with Crippen molar-refractivity contribution in [1.29, 1.82) is 0 Å². The van der Waals surface area contributed by atoms with Gasteiger partial charge in [0.1, 0.15) is 5.82 Å². The number of likely N-dealkylation sites (tertiary alicyclic amines) is 1. The van der Waals surface area contributed by atoms with Gasteiger partial charge in [-0.25, -0.2) is 4.98 Å². The summed E-state index contributed by atoms with van der Waals surface area (Å²) in [6.07, 6.45) is 4.50. The Morgan fingerprint density at radius 2 is 2.15 bits per heavy atom. The van der Waals surface area contributed by atoms with E-state index >= 15 is 0 Å². The molecule has 1 aliphatic rings. The predicted molar refractivity (Wildman–Crippen MR) is 101 cm³/mol. The molecule has 2 aromatic heterocycles. The van der Waals surface area contributed by atoms with Gasteiger partial charge in [-0.15, -0.1) is 0 Å². The molecular formula is C21H23N3O2. The van der Waals surface area contributed by atoms with E-state index in [1.54, 1.807) is 6.92 Å². The van der Waals surface area contributed by atoms with Gasteiger partial charge in [-0.1, -0.05) is 24.3 Å². The minimum absolute atomic E-state index is 0.234. The van der Waals surface area contributed by atoms with E-state index in [0.29, 0.717) is 6.54 Å². The molecular weight excluding hydrogens is 326 g/mol. The third-order valence-corrected chi connectivity index (χ3v) is 5.19. The van der Waals surface area contributed by atoms with Crippen molar-refractivity contribution < 1.29 is 9.90 Å². The molecule has 1 aromatic carbocycles. The Hall–Kier alpha value is -2.66. The minimum atomic E-state index is -0.511. The van der Waals surface area contributed by atoms with Crippen LogP contribution in [0.3, 0.4) is 0 Å². The van der Waals surface area contributed by atoms with Gasteiger partial charge < -0.3 is 14.4 Å². The van der Waals surface area contributed by atoms with Crippen LogP contribution in [-0.4, -0.2) is 38.9 Å². The number of carbonyl (C=O) groups excluding carboxylic acids is 1. The molecule has 0 radical (unpaired) electrons. The number of nitrogens with zero attached hydrogens (tertiary/aromatic N) is 3. The van der Waals surface area contributed by atoms with Crippen molar-refractivity contribution in [3.63, 3.8) is 0 Å². The highest BCUT2D eigenvalue weighted by Gasteiger charge is 2.25. The molecule has 3 heterocycles. The summed E-state index contributed by atoms with van der Waals surface area (Å²) in [6.45, 7) is 3.31. The van der Waals surface area contributed by atoms with Crippen LogP contribution in [0.5, 0.6) is 0 Å². The quantitative estimate of drug-likeness (QED) is 0.735. The standard InChI is InChI=1S/C21H23N3O2/c1-15(26)16-6-4-7-17(12-16)20-19-9-2-3-11-24(19)21(22-20)18-8-5-10-23(13-18)14-25/h2-4,6-7,9,11-12,14-15,18,26H,5,8,10,13H2,1H3. The van der Waals surface area contributed by atoms with Crippen molar-refractivity contribution in [2.75, 3.05) is 13.1 Å². The lowest BCUT2D eigenvalue weighted by Crippen LogP contribution is -2.33. The van der Waals surface area contributed by atoms with E-state index < -0.39 is 6.10 Å². The fourth-order valence-electron chi connectivity index (χ4n) is 3.82. The molecule has 0 spiro atoms. The SMILES string of the molecule is CC(O)c1cccc(-c2nc(C3CCCN(C=O)C3)n3ccccc23)c1. The fourth-order valence-corrected chi connectivity index (χ4v) is 3.82. The molecule has 26 heavy (non-hydrogen) atoms. The summed E-state index contributed by atoms with van der Waals surface area (Å²) in [6, 6.07) is 14.0. The number of piperidine rings is 1. The molecule has 0 saturated carbocycles. The minimum Gasteiger partial charge on any atom is -0.389 e. The van der Waals surface area contributed by atoms with Crippen molar-refractivity contribution in [2.45, 2.75) is 31.8 Å². The highest BCUT2D eigenvalue weighted by Crippen LogP contribution is 2.32. The van der Waals surface area contributed by atoms with E-state index in [0.717, 1.165) is 54.0 Å². The van der Waals surface area contributed by atoms with E-state index in [1.165, 1.54) is 0 Å². The van der Waals surface area contributed by atoms with Gasteiger partial charge in [0.05, 0.1) is 17.3 Å². The molecule has 0 bridgehead atoms. The van der Waals surface area contributed by atoms with Crippen LogP contribution in [0.15, 0.2) is 48.7 Å². The van der Waals surface area contributed by atoms with Gasteiger partial charge in [0.2, 0.25) is 6.41 Å². The van der Waals surface area contributed by atoms with E-state index in [9.17, 15) is 9.90 Å². The normalized spacial score (nSPS) is 18.8. The van der Waals surface area contributed by atoms with Crippen molar-refractivity contribution in [2.24, 2.45) is 0 Å². The summed E-state index contributed by atoms with van der Waals surface area (Å²) in [5, 5.41) is 9.91. The highest BCUT2D eigenvalue weighted by atomic mass is 16.3. The number of hydrogen-bond acceptors (Lipinski definition) is 3. The number of aliphatic hydroxyl groups excluding tert-OH is 1. The summed E-state index contributed by atoms with van der Waals surface area (Å²) >= 11 is 0. The van der Waals surface area contributed by atoms with Crippen LogP contribution in [-0.2, 0) is 4.79 Å². The number of aliphatic hydroxyl groups is 1. The van der Waals surface area contributed by atoms with Gasteiger partial charge in [-0.05, 0) is 43.5 Å². The molecule has 0 aliphatic carbocycles. The Kier molecular flexibility index (Phi) is 4.47. The number of rotatable bonds is 4. The lowest BCUT2D eigenvalue weighted by molar-refractivity contribution is -0.119. The van der Waals surface area contributed by atoms with E-state index in [-0.39, 0.29) is 5.92 Å². The molecule has 1 N–H and O–H groups in total. The Morgan fingerprint density at radius 3 is 2.96 bits per heavy atom. The Morgan fingerprint density at radius 1 is 1.27 bits per heavy atom. The van der Waals surface area contributed by atoms with Crippen LogP contribution in [0.2, 0.25) is 0 Å². The highest BCUT2D eigenvalue weighted by molar-refractivity contribution is 5.78. The Bertz CT molecular complexity index is 932. The smallest absolute Gasteiger partial charge is 0.209 e. The first-order valence-corrected chi connectivity index (χ1v) is 9.12. The van der Waals surface area contributed by atoms with Crippen molar-refractivity contribution in [3.05, 3.63) is 60.0 Å². The van der Waals surface area contributed by atoms with E-state index in [2.05, 4.69) is 10.5 Å². The molecule has 1 aliphatic heterocycles. The van der Waals surface area contributed by atoms with Gasteiger partial charge in [-0.3, -0.25) is 4.79 Å². The summed E-state index contributed by atoms with van der Waals surface area (Å²) < 4.78 is 2.14. The zero-order valence-electron chi connectivity index (χ0n) is 14.9. The number of benzene rings is 1. The second-order valence-electron chi connectivity index (χ2n) is 7.02. The number of imidazole rings is 1. The molecule has 3 aromatic rings. The first kappa shape index (κ1) is 16.8. The number of amides is 1. The van der Waals surface area contributed by atoms with Gasteiger partial charge in [0, 0.05) is 30.8 Å². The molecule has 5 heteroatoms. The van der Waals surface area contributed by atoms with Crippen LogP contribution in [0.1, 0.15) is 43.2 Å². The van der Waals surface area contributed by atoms with Gasteiger partial charge in [0.25, 0.3) is 0 Å². The first-order chi connectivity index (χ1) is 12.7. The van der Waals surface area contributed by atoms with E-state index in [4.69, 9.17) is 4.98 Å². The number of aromatic nitrogens is 2. The zero-order chi connectivity index (χ0) is 18.1. The van der Waals surface area contributed by atoms with E-state index in [1.807, 2.05) is 47.5 Å². The van der Waals surface area contributed by atoms with Crippen molar-refractivity contribution >= 4 is 11.9 Å².